The molecule has 0 rings (SSSR count). The van der Waals surface area contributed by atoms with Crippen molar-refractivity contribution in [3.63, 3.8) is 0 Å². The van der Waals surface area contributed by atoms with Crippen LogP contribution < -0.4 is 0 Å². The number of aliphatic hydroxyl groups excluding tert-OH is 3. The molecule has 65 valence electrons. The van der Waals surface area contributed by atoms with E-state index < -0.39 is 18.2 Å². The highest BCUT2D eigenvalue weighted by atomic mass is 16.6. The van der Waals surface area contributed by atoms with Gasteiger partial charge in [-0.25, -0.2) is 4.79 Å². The summed E-state index contributed by atoms with van der Waals surface area (Å²) in [5, 5.41) is 25.4. The Kier molecular flexibility index (Phi) is 4.76. The van der Waals surface area contributed by atoms with Gasteiger partial charge in [-0.2, -0.15) is 0 Å². The molecule has 0 bridgehead atoms. The van der Waals surface area contributed by atoms with Crippen molar-refractivity contribution in [1.29, 1.82) is 0 Å². The van der Waals surface area contributed by atoms with Gasteiger partial charge in [0.25, 0.3) is 0 Å². The summed E-state index contributed by atoms with van der Waals surface area (Å²) in [5.41, 5.74) is 0. The average Bonchev–Trinajstić information content (AvgIpc) is 1.99. The first-order valence-electron chi connectivity index (χ1n) is 3.08. The van der Waals surface area contributed by atoms with E-state index in [9.17, 15) is 4.79 Å². The maximum Gasteiger partial charge on any atom is 0.334 e. The fraction of sp³-hybridized carbons (Fsp3) is 0.667. The van der Waals surface area contributed by atoms with Crippen molar-refractivity contribution in [1.82, 2.24) is 0 Å². The third-order valence-corrected chi connectivity index (χ3v) is 0.910. The second-order valence-corrected chi connectivity index (χ2v) is 2.02. The van der Waals surface area contributed by atoms with E-state index in [2.05, 4.69) is 4.74 Å². The SMILES string of the molecule is CC(O)C(=O)OCC(O)[CH]O. The van der Waals surface area contributed by atoms with Crippen molar-refractivity contribution in [2.45, 2.75) is 19.1 Å². The third-order valence-electron chi connectivity index (χ3n) is 0.910. The van der Waals surface area contributed by atoms with Gasteiger partial charge in [0, 0.05) is 0 Å². The summed E-state index contributed by atoms with van der Waals surface area (Å²) >= 11 is 0. The Morgan fingerprint density at radius 1 is 1.64 bits per heavy atom. The van der Waals surface area contributed by atoms with Crippen LogP contribution >= 0.6 is 0 Å². The first-order chi connectivity index (χ1) is 5.07. The molecule has 2 unspecified atom stereocenters. The number of ether oxygens (including phenoxy) is 1. The first kappa shape index (κ1) is 10.3. The van der Waals surface area contributed by atoms with Gasteiger partial charge in [0.05, 0.1) is 0 Å². The second kappa shape index (κ2) is 5.06. The lowest BCUT2D eigenvalue weighted by atomic mass is 10.4. The highest BCUT2D eigenvalue weighted by Crippen LogP contribution is 1.91. The Labute approximate surface area is 64.2 Å². The van der Waals surface area contributed by atoms with Gasteiger partial charge in [-0.15, -0.1) is 0 Å². The summed E-state index contributed by atoms with van der Waals surface area (Å²) in [7, 11) is 0. The van der Waals surface area contributed by atoms with Crippen LogP contribution in [0, 0.1) is 6.61 Å². The number of aliphatic hydroxyl groups is 3. The summed E-state index contributed by atoms with van der Waals surface area (Å²) in [6, 6.07) is 0. The minimum atomic E-state index is -1.21. The van der Waals surface area contributed by atoms with Crippen molar-refractivity contribution in [3.8, 4) is 0 Å². The van der Waals surface area contributed by atoms with Crippen molar-refractivity contribution < 1.29 is 24.9 Å². The van der Waals surface area contributed by atoms with Gasteiger partial charge in [-0.3, -0.25) is 0 Å². The summed E-state index contributed by atoms with van der Waals surface area (Å²) in [4.78, 5) is 10.5. The first-order valence-corrected chi connectivity index (χ1v) is 3.08. The summed E-state index contributed by atoms with van der Waals surface area (Å²) < 4.78 is 4.33. The smallest absolute Gasteiger partial charge is 0.334 e. The molecule has 0 heterocycles. The molecular weight excluding hydrogens is 152 g/mol. The van der Waals surface area contributed by atoms with Crippen molar-refractivity contribution in [3.05, 3.63) is 6.61 Å². The summed E-state index contributed by atoms with van der Waals surface area (Å²) in [6.45, 7) is 1.40. The van der Waals surface area contributed by atoms with E-state index in [1.165, 1.54) is 6.92 Å². The minimum absolute atomic E-state index is 0.347. The number of rotatable bonds is 4. The largest absolute Gasteiger partial charge is 0.461 e. The van der Waals surface area contributed by atoms with Crippen LogP contribution in [0.5, 0.6) is 0 Å². The monoisotopic (exact) mass is 163 g/mol. The van der Waals surface area contributed by atoms with Crippen LogP contribution in [0.4, 0.5) is 0 Å². The minimum Gasteiger partial charge on any atom is -0.461 e. The molecular formula is C6H11O5. The van der Waals surface area contributed by atoms with Crippen LogP contribution in [0.25, 0.3) is 0 Å². The predicted molar refractivity (Wildman–Crippen MR) is 34.9 cm³/mol. The fourth-order valence-corrected chi connectivity index (χ4v) is 0.331. The molecule has 0 aliphatic carbocycles. The van der Waals surface area contributed by atoms with Crippen molar-refractivity contribution >= 4 is 5.97 Å². The highest BCUT2D eigenvalue weighted by molar-refractivity contribution is 5.73. The molecule has 2 atom stereocenters. The lowest BCUT2D eigenvalue weighted by Gasteiger charge is -2.08. The Morgan fingerprint density at radius 2 is 2.18 bits per heavy atom. The second-order valence-electron chi connectivity index (χ2n) is 2.02. The van der Waals surface area contributed by atoms with Gasteiger partial charge in [-0.05, 0) is 6.92 Å². The fourth-order valence-electron chi connectivity index (χ4n) is 0.331. The molecule has 1 radical (unpaired) electrons. The molecule has 0 aliphatic heterocycles. The van der Waals surface area contributed by atoms with Gasteiger partial charge in [0.15, 0.2) is 0 Å². The molecule has 11 heavy (non-hydrogen) atoms. The lowest BCUT2D eigenvalue weighted by molar-refractivity contribution is -0.155. The van der Waals surface area contributed by atoms with Gasteiger partial charge in [0.1, 0.15) is 25.4 Å². The molecule has 0 spiro atoms. The van der Waals surface area contributed by atoms with E-state index in [4.69, 9.17) is 15.3 Å². The topological polar surface area (TPSA) is 87.0 Å². The van der Waals surface area contributed by atoms with E-state index in [0.29, 0.717) is 6.61 Å². The molecule has 0 saturated heterocycles. The van der Waals surface area contributed by atoms with Crippen LogP contribution in [0.3, 0.4) is 0 Å². The van der Waals surface area contributed by atoms with Crippen LogP contribution in [-0.4, -0.2) is 40.1 Å². The Balaban J connectivity index is 3.46. The molecule has 5 heteroatoms. The number of hydrogen-bond acceptors (Lipinski definition) is 5. The van der Waals surface area contributed by atoms with Crippen molar-refractivity contribution in [2.75, 3.05) is 6.61 Å². The maximum atomic E-state index is 10.5. The Bertz CT molecular complexity index is 122. The van der Waals surface area contributed by atoms with E-state index >= 15 is 0 Å². The van der Waals surface area contributed by atoms with Gasteiger partial charge in [0.2, 0.25) is 0 Å². The zero-order valence-electron chi connectivity index (χ0n) is 6.10. The molecule has 0 aromatic rings. The van der Waals surface area contributed by atoms with E-state index in [-0.39, 0.29) is 6.61 Å². The van der Waals surface area contributed by atoms with Crippen LogP contribution in [0.2, 0.25) is 0 Å². The van der Waals surface area contributed by atoms with Crippen LogP contribution in [0.15, 0.2) is 0 Å². The Hall–Kier alpha value is -0.650. The van der Waals surface area contributed by atoms with Gasteiger partial charge >= 0.3 is 5.97 Å². The molecule has 0 amide bonds. The normalized spacial score (nSPS) is 15.6. The quantitative estimate of drug-likeness (QED) is 0.453. The number of hydrogen-bond donors (Lipinski definition) is 3. The number of carbonyl (C=O) groups excluding carboxylic acids is 1. The molecule has 0 saturated carbocycles. The van der Waals surface area contributed by atoms with Gasteiger partial charge < -0.3 is 20.1 Å². The molecule has 3 N–H and O–H groups in total. The molecule has 0 aromatic carbocycles. The maximum absolute atomic E-state index is 10.5. The van der Waals surface area contributed by atoms with E-state index in [1.54, 1.807) is 0 Å². The van der Waals surface area contributed by atoms with Gasteiger partial charge in [-0.1, -0.05) is 0 Å². The zero-order chi connectivity index (χ0) is 8.85. The van der Waals surface area contributed by atoms with E-state index in [1.807, 2.05) is 0 Å². The molecule has 5 nitrogen and oxygen atoms in total. The number of carbonyl (C=O) groups is 1. The molecule has 0 aromatic heterocycles. The summed E-state index contributed by atoms with van der Waals surface area (Å²) in [5.74, 6) is -0.828. The third kappa shape index (κ3) is 4.72. The summed E-state index contributed by atoms with van der Waals surface area (Å²) in [6.07, 6.45) is -2.40. The van der Waals surface area contributed by atoms with Crippen LogP contribution in [0.1, 0.15) is 6.92 Å². The number of esters is 1. The predicted octanol–water partition coefficient (Wildman–Crippen LogP) is -1.19. The average molecular weight is 163 g/mol. The molecule has 0 fully saturated rings. The Morgan fingerprint density at radius 3 is 2.55 bits per heavy atom. The van der Waals surface area contributed by atoms with Crippen molar-refractivity contribution in [2.24, 2.45) is 0 Å². The van der Waals surface area contributed by atoms with Crippen LogP contribution in [-0.2, 0) is 9.53 Å². The van der Waals surface area contributed by atoms with E-state index in [0.717, 1.165) is 0 Å². The molecule has 0 aliphatic rings. The lowest BCUT2D eigenvalue weighted by Crippen LogP contribution is -2.25. The standard InChI is InChI=1S/C6H11O5/c1-4(8)6(10)11-3-5(9)2-7/h2,4-5,7-9H,3H2,1H3. The zero-order valence-corrected chi connectivity index (χ0v) is 6.10. The highest BCUT2D eigenvalue weighted by Gasteiger charge is 2.12.